The van der Waals surface area contributed by atoms with Crippen molar-refractivity contribution in [2.24, 2.45) is 4.99 Å². The minimum atomic E-state index is -2.73. The number of fused-ring (bicyclic) bond motifs is 1. The number of thiophene rings is 1. The number of ketones is 1. The molecule has 0 saturated carbocycles. The van der Waals surface area contributed by atoms with Crippen molar-refractivity contribution in [3.63, 3.8) is 0 Å². The molecule has 1 aliphatic heterocycles. The molecule has 0 radical (unpaired) electrons. The predicted octanol–water partition coefficient (Wildman–Crippen LogP) is 4.51. The van der Waals surface area contributed by atoms with Gasteiger partial charge in [0.25, 0.3) is 6.43 Å². The van der Waals surface area contributed by atoms with Crippen molar-refractivity contribution >= 4 is 28.8 Å². The zero-order valence-electron chi connectivity index (χ0n) is 13.3. The Morgan fingerprint density at radius 3 is 2.62 bits per heavy atom. The number of halogens is 3. The molecular formula is C17H12F3NO4S. The van der Waals surface area contributed by atoms with Crippen LogP contribution < -0.4 is 0 Å². The number of aliphatic carboxylic acids is 1. The largest absolute Gasteiger partial charge is 0.505 e. The molecule has 0 amide bonds. The lowest BCUT2D eigenvalue weighted by Crippen LogP contribution is -2.18. The van der Waals surface area contributed by atoms with Gasteiger partial charge in [-0.3, -0.25) is 14.6 Å². The molecule has 2 heterocycles. The van der Waals surface area contributed by atoms with Gasteiger partial charge in [0.05, 0.1) is 27.5 Å². The van der Waals surface area contributed by atoms with Crippen molar-refractivity contribution in [1.82, 2.24) is 0 Å². The van der Waals surface area contributed by atoms with E-state index < -0.39 is 36.2 Å². The van der Waals surface area contributed by atoms with Crippen LogP contribution >= 0.6 is 11.3 Å². The summed E-state index contributed by atoms with van der Waals surface area (Å²) in [5.74, 6) is -3.98. The van der Waals surface area contributed by atoms with Gasteiger partial charge in [-0.1, -0.05) is 0 Å². The number of hydrogen-bond acceptors (Lipinski definition) is 5. The highest BCUT2D eigenvalue weighted by Crippen LogP contribution is 2.40. The number of nitrogens with zero attached hydrogens (tertiary/aromatic N) is 1. The fraction of sp³-hybridized carbons (Fsp3) is 0.235. The first-order valence-corrected chi connectivity index (χ1v) is 8.27. The van der Waals surface area contributed by atoms with Crippen LogP contribution in [0.5, 0.6) is 0 Å². The number of alkyl halides is 2. The van der Waals surface area contributed by atoms with E-state index in [1.54, 1.807) is 0 Å². The molecule has 0 saturated heterocycles. The van der Waals surface area contributed by atoms with Gasteiger partial charge < -0.3 is 10.2 Å². The maximum absolute atomic E-state index is 14.7. The summed E-state index contributed by atoms with van der Waals surface area (Å²) >= 11 is 0.569. The van der Waals surface area contributed by atoms with Gasteiger partial charge in [0.1, 0.15) is 0 Å². The van der Waals surface area contributed by atoms with Crippen LogP contribution in [0.4, 0.5) is 13.2 Å². The van der Waals surface area contributed by atoms with Gasteiger partial charge in [-0.25, -0.2) is 13.2 Å². The van der Waals surface area contributed by atoms with Crippen molar-refractivity contribution in [2.45, 2.75) is 26.2 Å². The molecule has 3 rings (SSSR count). The number of hydrogen-bond donors (Lipinski definition) is 2. The summed E-state index contributed by atoms with van der Waals surface area (Å²) in [5.41, 5.74) is 0.169. The molecule has 2 N–H and O–H groups in total. The molecule has 0 spiro atoms. The van der Waals surface area contributed by atoms with Crippen LogP contribution in [0.3, 0.4) is 0 Å². The quantitative estimate of drug-likeness (QED) is 0.733. The van der Waals surface area contributed by atoms with Crippen molar-refractivity contribution in [2.75, 3.05) is 0 Å². The third-order valence-corrected chi connectivity index (χ3v) is 5.15. The van der Waals surface area contributed by atoms with E-state index in [2.05, 4.69) is 4.99 Å². The molecule has 5 nitrogen and oxygen atoms in total. The van der Waals surface area contributed by atoms with E-state index in [0.717, 1.165) is 6.07 Å². The van der Waals surface area contributed by atoms with Crippen molar-refractivity contribution in [1.29, 1.82) is 0 Å². The van der Waals surface area contributed by atoms with E-state index in [4.69, 9.17) is 5.11 Å². The molecule has 1 aromatic rings. The summed E-state index contributed by atoms with van der Waals surface area (Å²) < 4.78 is 40.0. The second-order valence-electron chi connectivity index (χ2n) is 5.72. The van der Waals surface area contributed by atoms with Crippen LogP contribution in [-0.2, 0) is 4.79 Å². The number of allylic oxidation sites excluding steroid dienone is 4. The molecule has 0 aromatic carbocycles. The first kappa shape index (κ1) is 18.1. The number of Topliss-reactive ketones (excluding diaryl/α,β-unsaturated/α-hetero) is 1. The van der Waals surface area contributed by atoms with Gasteiger partial charge in [-0.05, 0) is 24.6 Å². The Hall–Kier alpha value is -2.68. The molecule has 136 valence electrons. The fourth-order valence-electron chi connectivity index (χ4n) is 2.87. The minimum Gasteiger partial charge on any atom is -0.505 e. The smallest absolute Gasteiger partial charge is 0.307 e. The van der Waals surface area contributed by atoms with E-state index in [9.17, 15) is 27.9 Å². The average molecular weight is 383 g/mol. The fourth-order valence-corrected chi connectivity index (χ4v) is 3.70. The van der Waals surface area contributed by atoms with Gasteiger partial charge in [-0.2, -0.15) is 0 Å². The highest BCUT2D eigenvalue weighted by Gasteiger charge is 2.36. The summed E-state index contributed by atoms with van der Waals surface area (Å²) in [5, 5.41) is 19.1. The van der Waals surface area contributed by atoms with Crippen molar-refractivity contribution < 1.29 is 33.0 Å². The topological polar surface area (TPSA) is 87.0 Å². The molecular weight excluding hydrogens is 371 g/mol. The third kappa shape index (κ3) is 2.98. The van der Waals surface area contributed by atoms with Crippen LogP contribution in [0.1, 0.15) is 40.7 Å². The van der Waals surface area contributed by atoms with Gasteiger partial charge in [0.2, 0.25) is 5.78 Å². The monoisotopic (exact) mass is 383 g/mol. The van der Waals surface area contributed by atoms with Crippen LogP contribution in [0.2, 0.25) is 0 Å². The predicted molar refractivity (Wildman–Crippen MR) is 88.4 cm³/mol. The highest BCUT2D eigenvalue weighted by atomic mass is 32.1. The van der Waals surface area contributed by atoms with Crippen LogP contribution in [0.15, 0.2) is 51.1 Å². The van der Waals surface area contributed by atoms with E-state index in [0.29, 0.717) is 17.0 Å². The van der Waals surface area contributed by atoms with Gasteiger partial charge in [0.15, 0.2) is 11.6 Å². The number of carboxylic acid groups (broad SMARTS) is 1. The molecule has 0 bridgehead atoms. The van der Waals surface area contributed by atoms with Crippen LogP contribution in [0.25, 0.3) is 0 Å². The lowest BCUT2D eigenvalue weighted by molar-refractivity contribution is -0.136. The van der Waals surface area contributed by atoms with E-state index in [1.807, 2.05) is 0 Å². The number of carbonyl (C=O) groups is 2. The molecule has 9 heteroatoms. The summed E-state index contributed by atoms with van der Waals surface area (Å²) in [6.45, 7) is 1.51. The van der Waals surface area contributed by atoms with Gasteiger partial charge in [0, 0.05) is 17.7 Å². The SMILES string of the molecule is CC1=C(CC(=O)O)C2=C(F)C(O)=C(C(=O)c3ccc(C(F)F)s3)CC2=N1. The summed E-state index contributed by atoms with van der Waals surface area (Å²) in [7, 11) is 0. The zero-order valence-corrected chi connectivity index (χ0v) is 14.2. The van der Waals surface area contributed by atoms with Gasteiger partial charge in [-0.15, -0.1) is 11.3 Å². The Bertz CT molecular complexity index is 953. The Kier molecular flexibility index (Phi) is 4.57. The van der Waals surface area contributed by atoms with E-state index >= 15 is 0 Å². The Balaban J connectivity index is 2.00. The first-order chi connectivity index (χ1) is 12.2. The van der Waals surface area contributed by atoms with Crippen molar-refractivity contribution in [3.05, 3.63) is 55.9 Å². The second-order valence-corrected chi connectivity index (χ2v) is 6.83. The number of aliphatic imine (C=N–C) groups is 1. The number of carbonyl (C=O) groups excluding carboxylic acids is 1. The lowest BCUT2D eigenvalue weighted by atomic mass is 9.87. The number of aliphatic hydroxyl groups excluding tert-OH is 1. The second kappa shape index (κ2) is 6.56. The molecule has 0 unspecified atom stereocenters. The minimum absolute atomic E-state index is 0.0489. The number of aliphatic hydroxyl groups is 1. The maximum Gasteiger partial charge on any atom is 0.307 e. The first-order valence-electron chi connectivity index (χ1n) is 7.45. The molecule has 1 aromatic heterocycles. The summed E-state index contributed by atoms with van der Waals surface area (Å²) in [6.07, 6.45) is -3.42. The van der Waals surface area contributed by atoms with Crippen molar-refractivity contribution in [3.8, 4) is 0 Å². The molecule has 26 heavy (non-hydrogen) atoms. The summed E-state index contributed by atoms with van der Waals surface area (Å²) in [6, 6.07) is 2.30. The standard InChI is InChI=1S/C17H12F3NO4S/c1-6-7(5-12(22)23)13-9(21-6)4-8(16(25)14(13)18)15(24)10-2-3-11(26-10)17(19)20/h2-3,17,25H,4-5H2,1H3,(H,22,23). The lowest BCUT2D eigenvalue weighted by Gasteiger charge is -2.18. The van der Waals surface area contributed by atoms with E-state index in [1.165, 1.54) is 13.0 Å². The number of rotatable bonds is 5. The summed E-state index contributed by atoms with van der Waals surface area (Å²) in [4.78, 5) is 27.2. The third-order valence-electron chi connectivity index (χ3n) is 4.05. The Labute approximate surface area is 149 Å². The molecule has 0 fully saturated rings. The molecule has 0 atom stereocenters. The van der Waals surface area contributed by atoms with Crippen LogP contribution in [0, 0.1) is 0 Å². The normalized spacial score (nSPS) is 17.2. The molecule has 1 aliphatic carbocycles. The molecule has 2 aliphatic rings. The zero-order chi connectivity index (χ0) is 19.2. The highest BCUT2D eigenvalue weighted by molar-refractivity contribution is 7.14. The Morgan fingerprint density at radius 1 is 1.35 bits per heavy atom. The van der Waals surface area contributed by atoms with Gasteiger partial charge >= 0.3 is 5.97 Å². The number of carboxylic acids is 1. The van der Waals surface area contributed by atoms with E-state index in [-0.39, 0.29) is 38.6 Å². The average Bonchev–Trinajstić information content (AvgIpc) is 3.16. The Morgan fingerprint density at radius 2 is 2.04 bits per heavy atom. The maximum atomic E-state index is 14.7. The van der Waals surface area contributed by atoms with Crippen LogP contribution in [-0.4, -0.2) is 27.7 Å².